The molecule has 0 radical (unpaired) electrons. The van der Waals surface area contributed by atoms with Gasteiger partial charge in [-0.15, -0.1) is 0 Å². The minimum absolute atomic E-state index is 0.0531. The molecule has 1 saturated heterocycles. The van der Waals surface area contributed by atoms with Crippen molar-refractivity contribution in [3.63, 3.8) is 0 Å². The third-order valence-corrected chi connectivity index (χ3v) is 7.97. The Hall–Kier alpha value is -3.44. The summed E-state index contributed by atoms with van der Waals surface area (Å²) in [5.74, 6) is 0.683. The highest BCUT2D eigenvalue weighted by Gasteiger charge is 2.36. The molecule has 1 saturated carbocycles. The average molecular weight is 570 g/mol. The third kappa shape index (κ3) is 7.26. The second-order valence-corrected chi connectivity index (χ2v) is 11.4. The summed E-state index contributed by atoms with van der Waals surface area (Å²) in [7, 11) is 3.94. The summed E-state index contributed by atoms with van der Waals surface area (Å²) in [6.07, 6.45) is 6.18. The van der Waals surface area contributed by atoms with E-state index in [1.807, 2.05) is 42.1 Å². The number of benzene rings is 1. The predicted molar refractivity (Wildman–Crippen MR) is 154 cm³/mol. The van der Waals surface area contributed by atoms with Crippen LogP contribution in [0, 0.1) is 5.92 Å². The van der Waals surface area contributed by atoms with E-state index in [9.17, 15) is 18.0 Å². The lowest BCUT2D eigenvalue weighted by Gasteiger charge is -2.31. The Balaban J connectivity index is 1.19. The molecule has 3 aromatic rings. The molecule has 5 rings (SSSR count). The number of aromatic nitrogens is 3. The SMILES string of the molecule is CN(C)C/C=C/C(=O)N1CCC(CN[C@H]2CCCC(Nc3ncc(C(F)(F)F)c(-c4c[nH]c5ccccc45)n3)C2)C1. The smallest absolute Gasteiger partial charge is 0.360 e. The normalized spacial score (nSPS) is 21.8. The summed E-state index contributed by atoms with van der Waals surface area (Å²) >= 11 is 0. The summed E-state index contributed by atoms with van der Waals surface area (Å²) in [5.41, 5.74) is 0.169. The van der Waals surface area contributed by atoms with E-state index in [-0.39, 0.29) is 29.6 Å². The zero-order valence-corrected chi connectivity index (χ0v) is 23.5. The lowest BCUT2D eigenvalue weighted by molar-refractivity contribution is -0.137. The van der Waals surface area contributed by atoms with Crippen LogP contribution in [0.25, 0.3) is 22.2 Å². The Labute approximate surface area is 238 Å². The Bertz CT molecular complexity index is 1370. The quantitative estimate of drug-likeness (QED) is 0.317. The lowest BCUT2D eigenvalue weighted by atomic mass is 9.90. The molecule has 1 aliphatic carbocycles. The van der Waals surface area contributed by atoms with Crippen molar-refractivity contribution >= 4 is 22.8 Å². The molecule has 0 bridgehead atoms. The van der Waals surface area contributed by atoms with Crippen molar-refractivity contribution in [2.75, 3.05) is 45.6 Å². The molecule has 1 amide bonds. The summed E-state index contributed by atoms with van der Waals surface area (Å²) in [6, 6.07) is 7.58. The Kier molecular flexibility index (Phi) is 8.94. The van der Waals surface area contributed by atoms with Gasteiger partial charge in [0.05, 0.1) is 5.69 Å². The van der Waals surface area contributed by atoms with Crippen LogP contribution in [0.2, 0.25) is 0 Å². The summed E-state index contributed by atoms with van der Waals surface area (Å²) in [4.78, 5) is 27.9. The van der Waals surface area contributed by atoms with Gasteiger partial charge in [-0.2, -0.15) is 13.2 Å². The number of anilines is 1. The van der Waals surface area contributed by atoms with Gasteiger partial charge in [0, 0.05) is 66.7 Å². The number of carbonyl (C=O) groups excluding carboxylic acids is 1. The Morgan fingerprint density at radius 2 is 2.00 bits per heavy atom. The average Bonchev–Trinajstić information content (AvgIpc) is 3.59. The standard InChI is InChI=1S/C30H38F3N7O/c1-39(2)13-6-11-27(41)40-14-12-20(19-40)16-34-21-7-5-8-22(15-21)37-29-36-18-25(30(31,32)33)28(38-29)24-17-35-26-10-4-3-9-23(24)26/h3-4,6,9-11,17-18,20-22,34-35H,5,7-8,12-16,19H2,1-2H3,(H,36,37,38)/b11-6+/t20?,21-,22?/m0/s1. The number of carbonyl (C=O) groups is 1. The molecule has 3 heterocycles. The molecule has 1 aromatic carbocycles. The predicted octanol–water partition coefficient (Wildman–Crippen LogP) is 4.92. The van der Waals surface area contributed by atoms with E-state index in [4.69, 9.17) is 0 Å². The number of amides is 1. The summed E-state index contributed by atoms with van der Waals surface area (Å²) in [5, 5.41) is 7.68. The molecule has 3 atom stereocenters. The van der Waals surface area contributed by atoms with Gasteiger partial charge in [0.15, 0.2) is 0 Å². The fraction of sp³-hybridized carbons (Fsp3) is 0.500. The van der Waals surface area contributed by atoms with Crippen LogP contribution in [0.4, 0.5) is 19.1 Å². The number of hydrogen-bond donors (Lipinski definition) is 3. The minimum atomic E-state index is -4.57. The van der Waals surface area contributed by atoms with Crippen LogP contribution in [0.1, 0.15) is 37.7 Å². The zero-order valence-electron chi connectivity index (χ0n) is 23.5. The van der Waals surface area contributed by atoms with Gasteiger partial charge in [-0.3, -0.25) is 4.79 Å². The lowest BCUT2D eigenvalue weighted by Crippen LogP contribution is -2.41. The number of nitrogens with one attached hydrogen (secondary N) is 3. The highest BCUT2D eigenvalue weighted by atomic mass is 19.4. The van der Waals surface area contributed by atoms with E-state index < -0.39 is 11.7 Å². The Morgan fingerprint density at radius 1 is 1.20 bits per heavy atom. The first kappa shape index (κ1) is 29.1. The van der Waals surface area contributed by atoms with Crippen molar-refractivity contribution in [2.45, 2.75) is 50.4 Å². The van der Waals surface area contributed by atoms with Crippen LogP contribution in [0.5, 0.6) is 0 Å². The number of nitrogens with zero attached hydrogens (tertiary/aromatic N) is 4. The van der Waals surface area contributed by atoms with Gasteiger partial charge in [0.25, 0.3) is 0 Å². The molecule has 2 unspecified atom stereocenters. The minimum Gasteiger partial charge on any atom is -0.360 e. The fourth-order valence-electron chi connectivity index (χ4n) is 5.82. The number of fused-ring (bicyclic) bond motifs is 1. The molecular formula is C30H38F3N7O. The number of rotatable bonds is 9. The van der Waals surface area contributed by atoms with Gasteiger partial charge in [-0.25, -0.2) is 9.97 Å². The molecule has 0 spiro atoms. The van der Waals surface area contributed by atoms with Crippen LogP contribution < -0.4 is 10.6 Å². The highest BCUT2D eigenvalue weighted by Crippen LogP contribution is 2.38. The van der Waals surface area contributed by atoms with E-state index >= 15 is 0 Å². The first-order chi connectivity index (χ1) is 19.7. The molecular weight excluding hydrogens is 531 g/mol. The van der Waals surface area contributed by atoms with Crippen molar-refractivity contribution in [3.8, 4) is 11.3 Å². The molecule has 1 aliphatic heterocycles. The number of likely N-dealkylation sites (tertiary alicyclic amines) is 1. The highest BCUT2D eigenvalue weighted by molar-refractivity contribution is 5.95. The number of para-hydroxylation sites is 1. The number of hydrogen-bond acceptors (Lipinski definition) is 6. The van der Waals surface area contributed by atoms with Gasteiger partial charge in [0.2, 0.25) is 11.9 Å². The van der Waals surface area contributed by atoms with Crippen LogP contribution in [0.15, 0.2) is 48.8 Å². The van der Waals surface area contributed by atoms with Gasteiger partial charge >= 0.3 is 6.18 Å². The molecule has 2 fully saturated rings. The van der Waals surface area contributed by atoms with Gasteiger partial charge < -0.3 is 25.4 Å². The zero-order chi connectivity index (χ0) is 29.0. The van der Waals surface area contributed by atoms with Crippen LogP contribution in [-0.2, 0) is 11.0 Å². The molecule has 2 aromatic heterocycles. The van der Waals surface area contributed by atoms with Gasteiger partial charge in [0.1, 0.15) is 5.56 Å². The molecule has 2 aliphatic rings. The van der Waals surface area contributed by atoms with E-state index in [2.05, 4.69) is 25.6 Å². The van der Waals surface area contributed by atoms with Crippen molar-refractivity contribution in [3.05, 3.63) is 54.4 Å². The second kappa shape index (κ2) is 12.6. The molecule has 8 nitrogen and oxygen atoms in total. The number of halogens is 3. The summed E-state index contributed by atoms with van der Waals surface area (Å²) in [6.45, 7) is 3.10. The maximum Gasteiger partial charge on any atom is 0.419 e. The van der Waals surface area contributed by atoms with E-state index in [1.54, 1.807) is 24.4 Å². The Morgan fingerprint density at radius 3 is 2.80 bits per heavy atom. The van der Waals surface area contributed by atoms with Crippen LogP contribution in [0.3, 0.4) is 0 Å². The number of H-pyrrole nitrogens is 1. The van der Waals surface area contributed by atoms with E-state index in [0.717, 1.165) is 70.0 Å². The maximum atomic E-state index is 13.9. The first-order valence-electron chi connectivity index (χ1n) is 14.3. The van der Waals surface area contributed by atoms with Crippen molar-refractivity contribution in [1.82, 2.24) is 30.1 Å². The summed E-state index contributed by atoms with van der Waals surface area (Å²) < 4.78 is 41.7. The molecule has 41 heavy (non-hydrogen) atoms. The van der Waals surface area contributed by atoms with Crippen LogP contribution >= 0.6 is 0 Å². The maximum absolute atomic E-state index is 13.9. The monoisotopic (exact) mass is 569 g/mol. The number of aromatic amines is 1. The molecule has 220 valence electrons. The topological polar surface area (TPSA) is 89.2 Å². The van der Waals surface area contributed by atoms with Gasteiger partial charge in [-0.1, -0.05) is 24.3 Å². The number of alkyl halides is 3. The van der Waals surface area contributed by atoms with Crippen molar-refractivity contribution in [2.24, 2.45) is 5.92 Å². The number of likely N-dealkylation sites (N-methyl/N-ethyl adjacent to an activating group) is 1. The van der Waals surface area contributed by atoms with Crippen molar-refractivity contribution < 1.29 is 18.0 Å². The fourth-order valence-corrected chi connectivity index (χ4v) is 5.82. The van der Waals surface area contributed by atoms with Crippen LogP contribution in [-0.4, -0.2) is 83.0 Å². The van der Waals surface area contributed by atoms with Crippen molar-refractivity contribution in [1.29, 1.82) is 0 Å². The van der Waals surface area contributed by atoms with Gasteiger partial charge in [-0.05, 0) is 64.7 Å². The third-order valence-electron chi connectivity index (χ3n) is 7.97. The first-order valence-corrected chi connectivity index (χ1v) is 14.3. The molecule has 3 N–H and O–H groups in total. The van der Waals surface area contributed by atoms with E-state index in [0.29, 0.717) is 16.9 Å². The molecule has 11 heteroatoms. The van der Waals surface area contributed by atoms with E-state index in [1.165, 1.54) is 0 Å². The second-order valence-electron chi connectivity index (χ2n) is 11.4. The largest absolute Gasteiger partial charge is 0.419 e.